The van der Waals surface area contributed by atoms with Crippen LogP contribution in [0.5, 0.6) is 0 Å². The van der Waals surface area contributed by atoms with Crippen molar-refractivity contribution in [1.82, 2.24) is 4.98 Å². The molecule has 2 nitrogen and oxygen atoms in total. The Balaban J connectivity index is 2.38. The van der Waals surface area contributed by atoms with Crippen LogP contribution in [0.25, 0.3) is 11.3 Å². The van der Waals surface area contributed by atoms with Crippen LogP contribution in [0.3, 0.4) is 0 Å². The molecule has 0 unspecified atom stereocenters. The molecule has 0 aliphatic carbocycles. The average molecular weight is 264 g/mol. The highest BCUT2D eigenvalue weighted by Gasteiger charge is 2.14. The quantitative estimate of drug-likeness (QED) is 0.844. The predicted octanol–water partition coefficient (Wildman–Crippen LogP) is 3.85. The summed E-state index contributed by atoms with van der Waals surface area (Å²) < 4.78 is 26.5. The smallest absolute Gasteiger partial charge is 0.135 e. The van der Waals surface area contributed by atoms with Gasteiger partial charge in [-0.2, -0.15) is 5.26 Å². The van der Waals surface area contributed by atoms with Crippen molar-refractivity contribution in [3.05, 3.63) is 39.7 Å². The van der Waals surface area contributed by atoms with Gasteiger partial charge in [-0.05, 0) is 19.1 Å². The predicted molar refractivity (Wildman–Crippen MR) is 66.1 cm³/mol. The Morgan fingerprint density at radius 1 is 1.39 bits per heavy atom. The standard InChI is InChI=1S/C13H10F2N2S/c1-8-13(17-12(18-8)3-2-6-16)10-5-4-9(14)7-11(10)15/h4-5,7H,2-3H2,1H3. The zero-order chi connectivity index (χ0) is 13.1. The van der Waals surface area contributed by atoms with Crippen LogP contribution < -0.4 is 0 Å². The number of aromatic nitrogens is 1. The minimum Gasteiger partial charge on any atom is -0.241 e. The van der Waals surface area contributed by atoms with Gasteiger partial charge < -0.3 is 0 Å². The number of thiazole rings is 1. The lowest BCUT2D eigenvalue weighted by atomic mass is 10.1. The van der Waals surface area contributed by atoms with Gasteiger partial charge >= 0.3 is 0 Å². The third-order valence-corrected chi connectivity index (χ3v) is 3.51. The molecule has 0 saturated carbocycles. The van der Waals surface area contributed by atoms with Gasteiger partial charge in [0.05, 0.1) is 16.8 Å². The van der Waals surface area contributed by atoms with Gasteiger partial charge in [0.15, 0.2) is 0 Å². The van der Waals surface area contributed by atoms with Crippen molar-refractivity contribution in [1.29, 1.82) is 5.26 Å². The first kappa shape index (κ1) is 12.7. The van der Waals surface area contributed by atoms with E-state index in [0.717, 1.165) is 16.0 Å². The molecule has 0 N–H and O–H groups in total. The van der Waals surface area contributed by atoms with Crippen LogP contribution in [-0.2, 0) is 6.42 Å². The van der Waals surface area contributed by atoms with E-state index in [0.29, 0.717) is 24.1 Å². The molecule has 2 aromatic rings. The van der Waals surface area contributed by atoms with E-state index in [-0.39, 0.29) is 0 Å². The lowest BCUT2D eigenvalue weighted by Gasteiger charge is -2.00. The van der Waals surface area contributed by atoms with Gasteiger partial charge in [0, 0.05) is 29.3 Å². The zero-order valence-electron chi connectivity index (χ0n) is 9.70. The van der Waals surface area contributed by atoms with Crippen LogP contribution in [0.2, 0.25) is 0 Å². The van der Waals surface area contributed by atoms with Gasteiger partial charge in [-0.3, -0.25) is 0 Å². The first-order chi connectivity index (χ1) is 8.61. The molecule has 0 amide bonds. The molecule has 92 valence electrons. The summed E-state index contributed by atoms with van der Waals surface area (Å²) in [6, 6.07) is 5.50. The first-order valence-electron chi connectivity index (χ1n) is 5.40. The number of benzene rings is 1. The van der Waals surface area contributed by atoms with Crippen molar-refractivity contribution in [2.45, 2.75) is 19.8 Å². The second kappa shape index (κ2) is 5.23. The topological polar surface area (TPSA) is 36.7 Å². The normalized spacial score (nSPS) is 10.3. The summed E-state index contributed by atoms with van der Waals surface area (Å²) in [5, 5.41) is 9.32. The third kappa shape index (κ3) is 2.54. The number of halogens is 2. The number of hydrogen-bond acceptors (Lipinski definition) is 3. The van der Waals surface area contributed by atoms with E-state index >= 15 is 0 Å². The van der Waals surface area contributed by atoms with E-state index in [1.54, 1.807) is 0 Å². The fourth-order valence-corrected chi connectivity index (χ4v) is 2.60. The van der Waals surface area contributed by atoms with Crippen LogP contribution in [0.4, 0.5) is 8.78 Å². The molecule has 0 spiro atoms. The highest BCUT2D eigenvalue weighted by molar-refractivity contribution is 7.12. The van der Waals surface area contributed by atoms with Gasteiger partial charge in [0.2, 0.25) is 0 Å². The van der Waals surface area contributed by atoms with E-state index in [2.05, 4.69) is 4.98 Å². The molecule has 0 radical (unpaired) electrons. The maximum Gasteiger partial charge on any atom is 0.135 e. The minimum atomic E-state index is -0.616. The Hall–Kier alpha value is -1.80. The SMILES string of the molecule is Cc1sc(CCC#N)nc1-c1ccc(F)cc1F. The lowest BCUT2D eigenvalue weighted by molar-refractivity contribution is 0.585. The highest BCUT2D eigenvalue weighted by Crippen LogP contribution is 2.30. The molecule has 1 aromatic carbocycles. The molecule has 5 heteroatoms. The molecule has 0 aliphatic heterocycles. The molecule has 1 heterocycles. The summed E-state index contributed by atoms with van der Waals surface area (Å²) >= 11 is 1.44. The first-order valence-corrected chi connectivity index (χ1v) is 6.22. The second-order valence-electron chi connectivity index (χ2n) is 3.79. The monoisotopic (exact) mass is 264 g/mol. The molecule has 1 aromatic heterocycles. The lowest BCUT2D eigenvalue weighted by Crippen LogP contribution is -1.89. The van der Waals surface area contributed by atoms with Crippen molar-refractivity contribution in [3.63, 3.8) is 0 Å². The van der Waals surface area contributed by atoms with Gasteiger partial charge in [0.25, 0.3) is 0 Å². The molecule has 0 aliphatic rings. The fourth-order valence-electron chi connectivity index (χ4n) is 1.65. The van der Waals surface area contributed by atoms with Gasteiger partial charge in [-0.1, -0.05) is 0 Å². The number of nitrogens with zero attached hydrogens (tertiary/aromatic N) is 2. The molecule has 0 fully saturated rings. The van der Waals surface area contributed by atoms with Crippen LogP contribution >= 0.6 is 11.3 Å². The van der Waals surface area contributed by atoms with E-state index in [1.165, 1.54) is 23.5 Å². The summed E-state index contributed by atoms with van der Waals surface area (Å²) in [6.07, 6.45) is 0.948. The number of rotatable bonds is 3. The van der Waals surface area contributed by atoms with Crippen LogP contribution in [0.1, 0.15) is 16.3 Å². The Bertz CT molecular complexity index is 614. The molecule has 18 heavy (non-hydrogen) atoms. The Morgan fingerprint density at radius 3 is 2.83 bits per heavy atom. The minimum absolute atomic E-state index is 0.299. The van der Waals surface area contributed by atoms with E-state index in [1.807, 2.05) is 13.0 Å². The van der Waals surface area contributed by atoms with E-state index in [4.69, 9.17) is 5.26 Å². The summed E-state index contributed by atoms with van der Waals surface area (Å²) in [7, 11) is 0. The Morgan fingerprint density at radius 2 is 2.17 bits per heavy atom. The fraction of sp³-hybridized carbons (Fsp3) is 0.231. The zero-order valence-corrected chi connectivity index (χ0v) is 10.5. The van der Waals surface area contributed by atoms with Gasteiger partial charge in [0.1, 0.15) is 11.6 Å². The van der Waals surface area contributed by atoms with E-state index in [9.17, 15) is 8.78 Å². The van der Waals surface area contributed by atoms with Gasteiger partial charge in [-0.25, -0.2) is 13.8 Å². The Kier molecular flexibility index (Phi) is 3.68. The summed E-state index contributed by atoms with van der Waals surface area (Å²) in [5.74, 6) is -1.22. The number of nitriles is 1. The highest BCUT2D eigenvalue weighted by atomic mass is 32.1. The molecule has 2 rings (SSSR count). The maximum absolute atomic E-state index is 13.6. The maximum atomic E-state index is 13.6. The van der Waals surface area contributed by atoms with Crippen molar-refractivity contribution >= 4 is 11.3 Å². The second-order valence-corrected chi connectivity index (χ2v) is 5.08. The molecule has 0 bridgehead atoms. The summed E-state index contributed by atoms with van der Waals surface area (Å²) in [4.78, 5) is 5.18. The number of hydrogen-bond donors (Lipinski definition) is 0. The van der Waals surface area contributed by atoms with Crippen LogP contribution in [-0.4, -0.2) is 4.98 Å². The summed E-state index contributed by atoms with van der Waals surface area (Å²) in [5.41, 5.74) is 0.832. The van der Waals surface area contributed by atoms with Crippen molar-refractivity contribution in [2.75, 3.05) is 0 Å². The Labute approximate surface area is 108 Å². The average Bonchev–Trinajstić information content (AvgIpc) is 2.68. The molecular formula is C13H10F2N2S. The molecule has 0 atom stereocenters. The largest absolute Gasteiger partial charge is 0.241 e. The third-order valence-electron chi connectivity index (χ3n) is 2.48. The van der Waals surface area contributed by atoms with Crippen LogP contribution in [0.15, 0.2) is 18.2 Å². The molecular weight excluding hydrogens is 254 g/mol. The van der Waals surface area contributed by atoms with Gasteiger partial charge in [-0.15, -0.1) is 11.3 Å². The van der Waals surface area contributed by atoms with E-state index < -0.39 is 11.6 Å². The number of aryl methyl sites for hydroxylation is 2. The van der Waals surface area contributed by atoms with Crippen molar-refractivity contribution in [3.8, 4) is 17.3 Å². The summed E-state index contributed by atoms with van der Waals surface area (Å²) in [6.45, 7) is 1.84. The molecule has 0 saturated heterocycles. The van der Waals surface area contributed by atoms with Crippen molar-refractivity contribution in [2.24, 2.45) is 0 Å². The van der Waals surface area contributed by atoms with Crippen LogP contribution in [0, 0.1) is 29.9 Å². The van der Waals surface area contributed by atoms with Crippen molar-refractivity contribution < 1.29 is 8.78 Å².